The number of halogens is 1. The van der Waals surface area contributed by atoms with E-state index >= 15 is 0 Å². The van der Waals surface area contributed by atoms with Gasteiger partial charge in [-0.05, 0) is 56.6 Å². The van der Waals surface area contributed by atoms with Gasteiger partial charge in [-0.2, -0.15) is 0 Å². The first-order valence-corrected chi connectivity index (χ1v) is 10.3. The van der Waals surface area contributed by atoms with E-state index in [1.54, 1.807) is 25.3 Å². The van der Waals surface area contributed by atoms with E-state index in [4.69, 9.17) is 25.5 Å². The molecule has 1 fully saturated rings. The minimum absolute atomic E-state index is 0.159. The van der Waals surface area contributed by atoms with Gasteiger partial charge in [-0.15, -0.1) is 0 Å². The van der Waals surface area contributed by atoms with Crippen LogP contribution < -0.4 is 9.47 Å². The van der Waals surface area contributed by atoms with E-state index in [1.165, 1.54) is 25.9 Å². The van der Waals surface area contributed by atoms with Gasteiger partial charge >= 0.3 is 0 Å². The zero-order chi connectivity index (χ0) is 20.2. The number of rotatable bonds is 8. The van der Waals surface area contributed by atoms with Crippen molar-refractivity contribution in [1.29, 1.82) is 0 Å². The van der Waals surface area contributed by atoms with E-state index < -0.39 is 0 Å². The van der Waals surface area contributed by atoms with Crippen LogP contribution in [-0.4, -0.2) is 48.3 Å². The maximum Gasteiger partial charge on any atom is 0.163 e. The number of aliphatic hydroxyl groups is 1. The lowest BCUT2D eigenvalue weighted by Gasteiger charge is -2.16. The van der Waals surface area contributed by atoms with Crippen molar-refractivity contribution in [3.8, 4) is 23.0 Å². The van der Waals surface area contributed by atoms with Crippen molar-refractivity contribution in [2.24, 2.45) is 0 Å². The first-order chi connectivity index (χ1) is 14.2. The predicted octanol–water partition coefficient (Wildman–Crippen LogP) is 4.51. The summed E-state index contributed by atoms with van der Waals surface area (Å²) in [4.78, 5) is 7.15. The highest BCUT2D eigenvalue weighted by Gasteiger charge is 2.15. The minimum atomic E-state index is -0.159. The Morgan fingerprint density at radius 1 is 1.17 bits per heavy atom. The largest absolute Gasteiger partial charge is 0.493 e. The fourth-order valence-electron chi connectivity index (χ4n) is 3.67. The molecule has 0 amide bonds. The molecule has 1 N–H and O–H groups in total. The van der Waals surface area contributed by atoms with Crippen LogP contribution in [0.2, 0.25) is 5.02 Å². The summed E-state index contributed by atoms with van der Waals surface area (Å²) in [5, 5.41) is 10.5. The van der Waals surface area contributed by atoms with Crippen LogP contribution in [0.25, 0.3) is 22.4 Å². The Labute approximate surface area is 175 Å². The second-order valence-electron chi connectivity index (χ2n) is 7.18. The first kappa shape index (κ1) is 20.0. The van der Waals surface area contributed by atoms with Crippen LogP contribution in [0.15, 0.2) is 34.7 Å². The fourth-order valence-corrected chi connectivity index (χ4v) is 3.92. The summed E-state index contributed by atoms with van der Waals surface area (Å²) in [7, 11) is 1.62. The monoisotopic (exact) mass is 416 g/mol. The number of fused-ring (bicyclic) bond motifs is 1. The predicted molar refractivity (Wildman–Crippen MR) is 113 cm³/mol. The summed E-state index contributed by atoms with van der Waals surface area (Å²) in [6.45, 7) is 3.89. The van der Waals surface area contributed by atoms with Crippen molar-refractivity contribution in [1.82, 2.24) is 9.88 Å². The highest BCUT2D eigenvalue weighted by molar-refractivity contribution is 6.35. The van der Waals surface area contributed by atoms with Crippen LogP contribution in [-0.2, 0) is 6.61 Å². The molecule has 29 heavy (non-hydrogen) atoms. The van der Waals surface area contributed by atoms with Crippen molar-refractivity contribution in [2.45, 2.75) is 25.9 Å². The van der Waals surface area contributed by atoms with Crippen molar-refractivity contribution in [3.63, 3.8) is 0 Å². The average molecular weight is 417 g/mol. The van der Waals surface area contributed by atoms with Gasteiger partial charge in [-0.1, -0.05) is 11.6 Å². The summed E-state index contributed by atoms with van der Waals surface area (Å²) in [5.41, 5.74) is 1.30. The fraction of sp³-hybridized carbons (Fsp3) is 0.409. The van der Waals surface area contributed by atoms with Gasteiger partial charge in [-0.3, -0.25) is 0 Å². The summed E-state index contributed by atoms with van der Waals surface area (Å²) in [5.74, 6) is 2.32. The molecule has 1 aliphatic rings. The number of likely N-dealkylation sites (tertiary alicyclic amines) is 1. The molecule has 1 aromatic carbocycles. The summed E-state index contributed by atoms with van der Waals surface area (Å²) in [6, 6.07) is 8.95. The molecule has 0 radical (unpaired) electrons. The molecule has 4 rings (SSSR count). The molecule has 0 aliphatic carbocycles. The zero-order valence-corrected chi connectivity index (χ0v) is 17.2. The van der Waals surface area contributed by atoms with Crippen molar-refractivity contribution in [3.05, 3.63) is 41.1 Å². The van der Waals surface area contributed by atoms with Crippen molar-refractivity contribution >= 4 is 22.5 Å². The lowest BCUT2D eigenvalue weighted by atomic mass is 10.1. The number of hydrogen-bond donors (Lipinski definition) is 1. The van der Waals surface area contributed by atoms with Gasteiger partial charge in [-0.25, -0.2) is 4.98 Å². The summed E-state index contributed by atoms with van der Waals surface area (Å²) in [6.07, 6.45) is 3.55. The van der Waals surface area contributed by atoms with Crippen LogP contribution in [0, 0.1) is 0 Å². The molecule has 1 saturated heterocycles. The molecule has 3 aromatic rings. The molecule has 0 saturated carbocycles. The molecule has 0 atom stereocenters. The van der Waals surface area contributed by atoms with Crippen LogP contribution >= 0.6 is 11.6 Å². The summed E-state index contributed by atoms with van der Waals surface area (Å²) < 4.78 is 17.1. The van der Waals surface area contributed by atoms with Gasteiger partial charge in [0, 0.05) is 18.0 Å². The number of pyridine rings is 1. The molecular weight excluding hydrogens is 392 g/mol. The normalized spacial score (nSPS) is 14.6. The van der Waals surface area contributed by atoms with Crippen molar-refractivity contribution < 1.29 is 19.0 Å². The second kappa shape index (κ2) is 9.03. The maximum atomic E-state index is 9.22. The molecule has 2 aromatic heterocycles. The number of hydrogen-bond acceptors (Lipinski definition) is 6. The Bertz CT molecular complexity index is 982. The minimum Gasteiger partial charge on any atom is -0.493 e. The summed E-state index contributed by atoms with van der Waals surface area (Å²) >= 11 is 6.50. The van der Waals surface area contributed by atoms with E-state index in [2.05, 4.69) is 9.88 Å². The number of ether oxygens (including phenoxy) is 2. The zero-order valence-electron chi connectivity index (χ0n) is 16.5. The lowest BCUT2D eigenvalue weighted by molar-refractivity contribution is 0.248. The molecule has 0 unspecified atom stereocenters. The number of aliphatic hydroxyl groups excluding tert-OH is 1. The lowest BCUT2D eigenvalue weighted by Crippen LogP contribution is -2.21. The Morgan fingerprint density at radius 3 is 2.72 bits per heavy atom. The first-order valence-electron chi connectivity index (χ1n) is 9.91. The standard InChI is InChI=1S/C22H25ClN2O4/c1-27-21-11-16-17(23)12-19(20-6-5-15(14-26)29-20)24-18(16)13-22(21)28-10-4-9-25-7-2-3-8-25/h5-6,11-13,26H,2-4,7-10,14H2,1H3. The van der Waals surface area contributed by atoms with Gasteiger partial charge in [0.05, 0.1) is 24.3 Å². The molecule has 7 heteroatoms. The Hall–Kier alpha value is -2.28. The van der Waals surface area contributed by atoms with Gasteiger partial charge in [0.15, 0.2) is 17.3 Å². The highest BCUT2D eigenvalue weighted by Crippen LogP contribution is 2.37. The maximum absolute atomic E-state index is 9.22. The average Bonchev–Trinajstić information content (AvgIpc) is 3.42. The SMILES string of the molecule is COc1cc2c(Cl)cc(-c3ccc(CO)o3)nc2cc1OCCCN1CCCC1. The molecule has 3 heterocycles. The van der Waals surface area contributed by atoms with Crippen LogP contribution in [0.5, 0.6) is 11.5 Å². The van der Waals surface area contributed by atoms with E-state index in [0.29, 0.717) is 45.9 Å². The number of benzene rings is 1. The molecule has 1 aliphatic heterocycles. The van der Waals surface area contributed by atoms with E-state index in [9.17, 15) is 5.11 Å². The third-order valence-electron chi connectivity index (χ3n) is 5.19. The smallest absolute Gasteiger partial charge is 0.163 e. The van der Waals surface area contributed by atoms with E-state index in [-0.39, 0.29) is 6.61 Å². The second-order valence-corrected chi connectivity index (χ2v) is 7.59. The Morgan fingerprint density at radius 2 is 2.00 bits per heavy atom. The molecule has 154 valence electrons. The number of aromatic nitrogens is 1. The molecule has 0 spiro atoms. The molecular formula is C22H25ClN2O4. The number of methoxy groups -OCH3 is 1. The number of furan rings is 1. The molecule has 0 bridgehead atoms. The van der Waals surface area contributed by atoms with E-state index in [0.717, 1.165) is 18.4 Å². The Balaban J connectivity index is 1.56. The van der Waals surface area contributed by atoms with Crippen LogP contribution in [0.3, 0.4) is 0 Å². The third-order valence-corrected chi connectivity index (χ3v) is 5.50. The van der Waals surface area contributed by atoms with Gasteiger partial charge in [0.25, 0.3) is 0 Å². The van der Waals surface area contributed by atoms with E-state index in [1.807, 2.05) is 12.1 Å². The van der Waals surface area contributed by atoms with Gasteiger partial charge in [0.2, 0.25) is 0 Å². The van der Waals surface area contributed by atoms with Crippen molar-refractivity contribution in [2.75, 3.05) is 33.4 Å². The topological polar surface area (TPSA) is 68.0 Å². The highest BCUT2D eigenvalue weighted by atomic mass is 35.5. The number of nitrogens with zero attached hydrogens (tertiary/aromatic N) is 2. The van der Waals surface area contributed by atoms with Gasteiger partial charge in [0.1, 0.15) is 18.1 Å². The third kappa shape index (κ3) is 4.50. The van der Waals surface area contributed by atoms with Crippen LogP contribution in [0.4, 0.5) is 0 Å². The quantitative estimate of drug-likeness (QED) is 0.545. The van der Waals surface area contributed by atoms with Gasteiger partial charge < -0.3 is 23.9 Å². The van der Waals surface area contributed by atoms with Crippen LogP contribution in [0.1, 0.15) is 25.0 Å². The molecule has 6 nitrogen and oxygen atoms in total. The Kier molecular flexibility index (Phi) is 6.23.